The lowest BCUT2D eigenvalue weighted by molar-refractivity contribution is -0.139. The van der Waals surface area contributed by atoms with Crippen LogP contribution in [0.25, 0.3) is 0 Å². The first-order valence-electron chi connectivity index (χ1n) is 12.1. The minimum absolute atomic E-state index is 0.0812. The van der Waals surface area contributed by atoms with Crippen molar-refractivity contribution in [3.05, 3.63) is 53.1 Å². The van der Waals surface area contributed by atoms with E-state index >= 15 is 0 Å². The minimum Gasteiger partial charge on any atom is -0.497 e. The van der Waals surface area contributed by atoms with Gasteiger partial charge in [-0.25, -0.2) is 8.42 Å². The van der Waals surface area contributed by atoms with E-state index in [0.29, 0.717) is 11.5 Å². The van der Waals surface area contributed by atoms with Gasteiger partial charge in [0.05, 0.1) is 31.2 Å². The summed E-state index contributed by atoms with van der Waals surface area (Å²) < 4.78 is 36.9. The molecule has 202 valence electrons. The van der Waals surface area contributed by atoms with Crippen molar-refractivity contribution in [1.29, 1.82) is 0 Å². The van der Waals surface area contributed by atoms with Gasteiger partial charge in [0.1, 0.15) is 24.1 Å². The van der Waals surface area contributed by atoms with E-state index in [1.54, 1.807) is 32.2 Å². The lowest BCUT2D eigenvalue weighted by Crippen LogP contribution is -2.52. The predicted octanol–water partition coefficient (Wildman–Crippen LogP) is 3.60. The largest absolute Gasteiger partial charge is 0.497 e. The molecule has 0 heterocycles. The number of amides is 2. The zero-order chi connectivity index (χ0) is 27.2. The van der Waals surface area contributed by atoms with Crippen LogP contribution in [-0.4, -0.2) is 64.2 Å². The third-order valence-corrected chi connectivity index (χ3v) is 7.89. The summed E-state index contributed by atoms with van der Waals surface area (Å²) in [5.74, 6) is 0.177. The second-order valence-electron chi connectivity index (χ2n) is 9.13. The molecule has 0 saturated heterocycles. The van der Waals surface area contributed by atoms with Crippen LogP contribution in [0, 0.1) is 0 Å². The molecule has 0 aliphatic heterocycles. The molecule has 0 bridgehead atoms. The number of hydrogen-bond acceptors (Lipinski definition) is 6. The number of nitrogens with one attached hydrogen (secondary N) is 1. The molecule has 0 spiro atoms. The summed E-state index contributed by atoms with van der Waals surface area (Å²) in [4.78, 5) is 28.2. The van der Waals surface area contributed by atoms with Crippen molar-refractivity contribution in [1.82, 2.24) is 10.2 Å². The molecule has 37 heavy (non-hydrogen) atoms. The van der Waals surface area contributed by atoms with E-state index < -0.39 is 28.5 Å². The highest BCUT2D eigenvalue weighted by atomic mass is 35.5. The maximum atomic E-state index is 13.7. The average Bonchev–Trinajstić information content (AvgIpc) is 3.37. The summed E-state index contributed by atoms with van der Waals surface area (Å²) in [5.41, 5.74) is 0.956. The SMILES string of the molecule is COc1cccc(CN(C(=O)CN(c2ccc(OC)c(Cl)c2)S(C)(=O)=O)C(C)C(=O)NC2CCCC2)c1. The Hall–Kier alpha value is -2.98. The van der Waals surface area contributed by atoms with Gasteiger partial charge in [-0.15, -0.1) is 0 Å². The number of nitrogens with zero attached hydrogens (tertiary/aromatic N) is 2. The summed E-state index contributed by atoms with van der Waals surface area (Å²) in [5, 5.41) is 3.24. The second kappa shape index (κ2) is 12.5. The molecule has 1 unspecified atom stereocenters. The van der Waals surface area contributed by atoms with E-state index in [1.165, 1.54) is 30.2 Å². The number of halogens is 1. The summed E-state index contributed by atoms with van der Waals surface area (Å²) >= 11 is 6.23. The van der Waals surface area contributed by atoms with Crippen LogP contribution in [0.1, 0.15) is 38.2 Å². The van der Waals surface area contributed by atoms with E-state index in [1.807, 2.05) is 6.07 Å². The fourth-order valence-electron chi connectivity index (χ4n) is 4.37. The van der Waals surface area contributed by atoms with Gasteiger partial charge in [0.15, 0.2) is 0 Å². The van der Waals surface area contributed by atoms with E-state index in [2.05, 4.69) is 5.32 Å². The topological polar surface area (TPSA) is 105 Å². The molecule has 3 rings (SSSR count). The van der Waals surface area contributed by atoms with Crippen molar-refractivity contribution in [2.24, 2.45) is 0 Å². The molecule has 2 aromatic rings. The van der Waals surface area contributed by atoms with Gasteiger partial charge in [-0.2, -0.15) is 0 Å². The summed E-state index contributed by atoms with van der Waals surface area (Å²) in [6, 6.07) is 10.9. The Morgan fingerprint density at radius 1 is 1.11 bits per heavy atom. The molecular formula is C26H34ClN3O6S. The summed E-state index contributed by atoms with van der Waals surface area (Å²) in [6.45, 7) is 1.24. The molecule has 2 amide bonds. The Kier molecular flexibility index (Phi) is 9.67. The van der Waals surface area contributed by atoms with Gasteiger partial charge in [0, 0.05) is 12.6 Å². The van der Waals surface area contributed by atoms with Crippen molar-refractivity contribution in [3.63, 3.8) is 0 Å². The Balaban J connectivity index is 1.91. The quantitative estimate of drug-likeness (QED) is 0.457. The molecule has 1 fully saturated rings. The van der Waals surface area contributed by atoms with Gasteiger partial charge in [-0.3, -0.25) is 13.9 Å². The number of sulfonamides is 1. The van der Waals surface area contributed by atoms with E-state index in [0.717, 1.165) is 41.8 Å². The van der Waals surface area contributed by atoms with Crippen LogP contribution in [0.5, 0.6) is 11.5 Å². The van der Waals surface area contributed by atoms with Gasteiger partial charge >= 0.3 is 0 Å². The molecule has 1 N–H and O–H groups in total. The smallest absolute Gasteiger partial charge is 0.244 e. The van der Waals surface area contributed by atoms with Crippen molar-refractivity contribution >= 4 is 39.1 Å². The van der Waals surface area contributed by atoms with Crippen molar-refractivity contribution in [2.75, 3.05) is 31.3 Å². The van der Waals surface area contributed by atoms with Crippen LogP contribution in [0.15, 0.2) is 42.5 Å². The number of rotatable bonds is 11. The van der Waals surface area contributed by atoms with E-state index in [-0.39, 0.29) is 29.2 Å². The zero-order valence-corrected chi connectivity index (χ0v) is 23.1. The zero-order valence-electron chi connectivity index (χ0n) is 21.6. The maximum Gasteiger partial charge on any atom is 0.244 e. The fourth-order valence-corrected chi connectivity index (χ4v) is 5.46. The molecule has 0 radical (unpaired) electrons. The van der Waals surface area contributed by atoms with E-state index in [9.17, 15) is 18.0 Å². The molecule has 2 aromatic carbocycles. The summed E-state index contributed by atoms with van der Waals surface area (Å²) in [6.07, 6.45) is 4.94. The first kappa shape index (κ1) is 28.6. The molecular weight excluding hydrogens is 518 g/mol. The average molecular weight is 552 g/mol. The second-order valence-corrected chi connectivity index (χ2v) is 11.4. The Labute approximate surface area is 223 Å². The van der Waals surface area contributed by atoms with Crippen LogP contribution < -0.4 is 19.1 Å². The Morgan fingerprint density at radius 2 is 1.81 bits per heavy atom. The molecule has 11 heteroatoms. The molecule has 1 aliphatic carbocycles. The molecule has 1 aliphatic rings. The number of carbonyl (C=O) groups is 2. The first-order valence-corrected chi connectivity index (χ1v) is 14.3. The third-order valence-electron chi connectivity index (χ3n) is 6.46. The van der Waals surface area contributed by atoms with Crippen LogP contribution in [0.4, 0.5) is 5.69 Å². The van der Waals surface area contributed by atoms with Crippen LogP contribution in [0.3, 0.4) is 0 Å². The highest BCUT2D eigenvalue weighted by Gasteiger charge is 2.31. The maximum absolute atomic E-state index is 13.7. The number of carbonyl (C=O) groups excluding carboxylic acids is 2. The highest BCUT2D eigenvalue weighted by Crippen LogP contribution is 2.30. The predicted molar refractivity (Wildman–Crippen MR) is 144 cm³/mol. The molecule has 1 saturated carbocycles. The molecule has 9 nitrogen and oxygen atoms in total. The molecule has 0 aromatic heterocycles. The highest BCUT2D eigenvalue weighted by molar-refractivity contribution is 7.92. The Bertz CT molecular complexity index is 1220. The number of anilines is 1. The van der Waals surface area contributed by atoms with E-state index in [4.69, 9.17) is 21.1 Å². The van der Waals surface area contributed by atoms with Gasteiger partial charge < -0.3 is 19.7 Å². The number of ether oxygens (including phenoxy) is 2. The lowest BCUT2D eigenvalue weighted by Gasteiger charge is -2.32. The fraction of sp³-hybridized carbons (Fsp3) is 0.462. The van der Waals surface area contributed by atoms with Gasteiger partial charge in [-0.1, -0.05) is 36.6 Å². The van der Waals surface area contributed by atoms with Gasteiger partial charge in [-0.05, 0) is 55.7 Å². The van der Waals surface area contributed by atoms with Crippen LogP contribution >= 0.6 is 11.6 Å². The van der Waals surface area contributed by atoms with Gasteiger partial charge in [0.25, 0.3) is 0 Å². The molecule has 1 atom stereocenters. The van der Waals surface area contributed by atoms with Crippen LogP contribution in [0.2, 0.25) is 5.02 Å². The van der Waals surface area contributed by atoms with Crippen molar-refractivity contribution in [2.45, 2.75) is 51.2 Å². The monoisotopic (exact) mass is 551 g/mol. The third kappa shape index (κ3) is 7.52. The normalized spacial score (nSPS) is 14.6. The first-order chi connectivity index (χ1) is 17.5. The Morgan fingerprint density at radius 3 is 2.41 bits per heavy atom. The van der Waals surface area contributed by atoms with Crippen LogP contribution in [-0.2, 0) is 26.2 Å². The number of benzene rings is 2. The van der Waals surface area contributed by atoms with Crippen molar-refractivity contribution < 1.29 is 27.5 Å². The summed E-state index contributed by atoms with van der Waals surface area (Å²) in [7, 11) is -0.868. The van der Waals surface area contributed by atoms with Gasteiger partial charge in [0.2, 0.25) is 21.8 Å². The number of methoxy groups -OCH3 is 2. The van der Waals surface area contributed by atoms with Crippen molar-refractivity contribution in [3.8, 4) is 11.5 Å². The standard InChI is InChI=1S/C26H34ClN3O6S/c1-18(26(32)28-20-9-5-6-10-20)29(16-19-8-7-11-22(14-19)35-2)25(31)17-30(37(4,33)34)21-12-13-24(36-3)23(27)15-21/h7-8,11-15,18,20H,5-6,9-10,16-17H2,1-4H3,(H,28,32). The number of hydrogen-bond donors (Lipinski definition) is 1. The lowest BCUT2D eigenvalue weighted by atomic mass is 10.1. The minimum atomic E-state index is -3.87.